The topological polar surface area (TPSA) is 22.0 Å². The Hall–Kier alpha value is -1.05. The number of fused-ring (bicyclic) bond motifs is 1. The molecule has 0 aromatic carbocycles. The highest BCUT2D eigenvalue weighted by molar-refractivity contribution is 5.98. The van der Waals surface area contributed by atoms with Gasteiger partial charge >= 0.3 is 0 Å². The van der Waals surface area contributed by atoms with E-state index in [1.54, 1.807) is 0 Å². The molecule has 88 valence electrons. The fourth-order valence-corrected chi connectivity index (χ4v) is 2.57. The molecule has 2 rings (SSSR count). The van der Waals surface area contributed by atoms with Crippen molar-refractivity contribution >= 4 is 5.78 Å². The minimum absolute atomic E-state index is 0.0568. The van der Waals surface area contributed by atoms with Crippen molar-refractivity contribution in [3.8, 4) is 0 Å². The molecular weight excluding hydrogens is 198 g/mol. The molecule has 0 amide bonds. The lowest BCUT2D eigenvalue weighted by Gasteiger charge is -2.33. The maximum atomic E-state index is 12.0. The summed E-state index contributed by atoms with van der Waals surface area (Å²) in [5, 5.41) is 0. The van der Waals surface area contributed by atoms with E-state index >= 15 is 0 Å². The quantitative estimate of drug-likeness (QED) is 0.655. The highest BCUT2D eigenvalue weighted by Crippen LogP contribution is 2.36. The summed E-state index contributed by atoms with van der Waals surface area (Å²) in [5.41, 5.74) is 2.32. The second-order valence-corrected chi connectivity index (χ2v) is 6.66. The molecule has 0 radical (unpaired) electrons. The Kier molecular flexibility index (Phi) is 2.30. The van der Waals surface area contributed by atoms with Gasteiger partial charge < -0.3 is 4.57 Å². The van der Waals surface area contributed by atoms with Crippen LogP contribution in [0.2, 0.25) is 0 Å². The average Bonchev–Trinajstić information content (AvgIpc) is 2.43. The van der Waals surface area contributed by atoms with Gasteiger partial charge in [0.25, 0.3) is 0 Å². The summed E-state index contributed by atoms with van der Waals surface area (Å²) < 4.78 is 2.25. The van der Waals surface area contributed by atoms with Gasteiger partial charge in [-0.2, -0.15) is 0 Å². The second kappa shape index (κ2) is 3.22. The largest absolute Gasteiger partial charge is 0.346 e. The molecule has 0 aliphatic heterocycles. The maximum Gasteiger partial charge on any atom is 0.165 e. The van der Waals surface area contributed by atoms with E-state index in [-0.39, 0.29) is 11.0 Å². The number of carbonyl (C=O) groups excluding carboxylic acids is 1. The SMILES string of the molecule is CC1(C)CC(=O)c2ccn(C(C)(C)C)c2C1. The maximum absolute atomic E-state index is 12.0. The summed E-state index contributed by atoms with van der Waals surface area (Å²) in [6.07, 6.45) is 3.73. The van der Waals surface area contributed by atoms with Gasteiger partial charge in [0.1, 0.15) is 0 Å². The fourth-order valence-electron chi connectivity index (χ4n) is 2.57. The smallest absolute Gasteiger partial charge is 0.165 e. The predicted molar refractivity (Wildman–Crippen MR) is 65.9 cm³/mol. The molecule has 0 N–H and O–H groups in total. The van der Waals surface area contributed by atoms with Gasteiger partial charge in [-0.1, -0.05) is 13.8 Å². The Morgan fingerprint density at radius 2 is 1.88 bits per heavy atom. The number of rotatable bonds is 0. The van der Waals surface area contributed by atoms with E-state index in [0.717, 1.165) is 12.0 Å². The number of hydrogen-bond acceptors (Lipinski definition) is 1. The van der Waals surface area contributed by atoms with Crippen molar-refractivity contribution in [2.24, 2.45) is 5.41 Å². The van der Waals surface area contributed by atoms with Crippen LogP contribution in [0, 0.1) is 5.41 Å². The molecule has 1 aromatic heterocycles. The summed E-state index contributed by atoms with van der Waals surface area (Å²) >= 11 is 0. The van der Waals surface area contributed by atoms with Crippen molar-refractivity contribution in [1.82, 2.24) is 4.57 Å². The lowest BCUT2D eigenvalue weighted by Crippen LogP contribution is -2.31. The number of nitrogens with zero attached hydrogens (tertiary/aromatic N) is 1. The first-order valence-electron chi connectivity index (χ1n) is 5.95. The van der Waals surface area contributed by atoms with Crippen LogP contribution in [0.5, 0.6) is 0 Å². The predicted octanol–water partition coefficient (Wildman–Crippen LogP) is 3.40. The summed E-state index contributed by atoms with van der Waals surface area (Å²) in [4.78, 5) is 12.0. The van der Waals surface area contributed by atoms with Gasteiger partial charge in [-0.3, -0.25) is 4.79 Å². The molecule has 2 heteroatoms. The Balaban J connectivity index is 2.54. The third-order valence-corrected chi connectivity index (χ3v) is 3.30. The van der Waals surface area contributed by atoms with Gasteiger partial charge in [0.05, 0.1) is 0 Å². The summed E-state index contributed by atoms with van der Waals surface area (Å²) in [5.74, 6) is 0.300. The third-order valence-electron chi connectivity index (χ3n) is 3.30. The van der Waals surface area contributed by atoms with Crippen molar-refractivity contribution in [2.45, 2.75) is 53.0 Å². The van der Waals surface area contributed by atoms with Gasteiger partial charge in [0, 0.05) is 29.4 Å². The zero-order valence-electron chi connectivity index (χ0n) is 10.9. The van der Waals surface area contributed by atoms with E-state index in [4.69, 9.17) is 0 Å². The normalized spacial score (nSPS) is 19.7. The van der Waals surface area contributed by atoms with E-state index in [0.29, 0.717) is 12.2 Å². The molecule has 0 saturated heterocycles. The lowest BCUT2D eigenvalue weighted by molar-refractivity contribution is 0.0908. The molecular formula is C14H21NO. The second-order valence-electron chi connectivity index (χ2n) is 6.66. The van der Waals surface area contributed by atoms with Gasteiger partial charge in [0.15, 0.2) is 5.78 Å². The Morgan fingerprint density at radius 3 is 2.44 bits per heavy atom. The molecule has 0 bridgehead atoms. The molecule has 0 fully saturated rings. The first kappa shape index (κ1) is 11.4. The molecule has 2 nitrogen and oxygen atoms in total. The van der Waals surface area contributed by atoms with Crippen LogP contribution in [0.4, 0.5) is 0 Å². The Morgan fingerprint density at radius 1 is 1.25 bits per heavy atom. The number of carbonyl (C=O) groups is 1. The molecule has 0 spiro atoms. The Labute approximate surface area is 97.7 Å². The van der Waals surface area contributed by atoms with Gasteiger partial charge in [0.2, 0.25) is 0 Å². The van der Waals surface area contributed by atoms with Crippen molar-refractivity contribution < 1.29 is 4.79 Å². The fraction of sp³-hybridized carbons (Fsp3) is 0.643. The number of hydrogen-bond donors (Lipinski definition) is 0. The van der Waals surface area contributed by atoms with Crippen LogP contribution in [0.15, 0.2) is 12.3 Å². The molecule has 1 aromatic rings. The highest BCUT2D eigenvalue weighted by atomic mass is 16.1. The average molecular weight is 219 g/mol. The molecule has 1 aliphatic carbocycles. The lowest BCUT2D eigenvalue weighted by atomic mass is 9.76. The molecule has 1 aliphatic rings. The molecule has 1 heterocycles. The van der Waals surface area contributed by atoms with E-state index in [1.165, 1.54) is 5.69 Å². The molecule has 0 saturated carbocycles. The first-order chi connectivity index (χ1) is 7.21. The molecule has 0 atom stereocenters. The number of aromatic nitrogens is 1. The molecule has 0 unspecified atom stereocenters. The molecule has 16 heavy (non-hydrogen) atoms. The minimum atomic E-state index is 0.0568. The van der Waals surface area contributed by atoms with E-state index in [2.05, 4.69) is 45.4 Å². The monoisotopic (exact) mass is 219 g/mol. The van der Waals surface area contributed by atoms with Crippen LogP contribution in [0.3, 0.4) is 0 Å². The van der Waals surface area contributed by atoms with Gasteiger partial charge in [-0.25, -0.2) is 0 Å². The van der Waals surface area contributed by atoms with E-state index in [9.17, 15) is 4.79 Å². The number of ketones is 1. The standard InChI is InChI=1S/C14H21NO/c1-13(2,3)15-7-6-10-11(15)8-14(4,5)9-12(10)16/h6-7H,8-9H2,1-5H3. The first-order valence-corrected chi connectivity index (χ1v) is 5.95. The zero-order valence-corrected chi connectivity index (χ0v) is 10.9. The van der Waals surface area contributed by atoms with Crippen molar-refractivity contribution in [1.29, 1.82) is 0 Å². The van der Waals surface area contributed by atoms with Crippen molar-refractivity contribution in [3.63, 3.8) is 0 Å². The zero-order chi connectivity index (χ0) is 12.1. The third kappa shape index (κ3) is 1.81. The summed E-state index contributed by atoms with van der Waals surface area (Å²) in [6, 6.07) is 1.98. The minimum Gasteiger partial charge on any atom is -0.346 e. The van der Waals surface area contributed by atoms with Crippen LogP contribution >= 0.6 is 0 Å². The van der Waals surface area contributed by atoms with Crippen molar-refractivity contribution in [2.75, 3.05) is 0 Å². The number of Topliss-reactive ketones (excluding diaryl/α,β-unsaturated/α-hetero) is 1. The van der Waals surface area contributed by atoms with E-state index < -0.39 is 0 Å². The van der Waals surface area contributed by atoms with Gasteiger partial charge in [-0.05, 0) is 38.7 Å². The van der Waals surface area contributed by atoms with Crippen LogP contribution in [-0.2, 0) is 12.0 Å². The van der Waals surface area contributed by atoms with Crippen LogP contribution < -0.4 is 0 Å². The summed E-state index contributed by atoms with van der Waals surface area (Å²) in [6.45, 7) is 10.9. The van der Waals surface area contributed by atoms with Crippen LogP contribution in [-0.4, -0.2) is 10.4 Å². The van der Waals surface area contributed by atoms with Gasteiger partial charge in [-0.15, -0.1) is 0 Å². The van der Waals surface area contributed by atoms with Crippen LogP contribution in [0.1, 0.15) is 57.1 Å². The Bertz CT molecular complexity index is 432. The van der Waals surface area contributed by atoms with Crippen molar-refractivity contribution in [3.05, 3.63) is 23.5 Å². The van der Waals surface area contributed by atoms with E-state index in [1.807, 2.05) is 6.07 Å². The summed E-state index contributed by atoms with van der Waals surface area (Å²) in [7, 11) is 0. The van der Waals surface area contributed by atoms with Crippen LogP contribution in [0.25, 0.3) is 0 Å². The highest BCUT2D eigenvalue weighted by Gasteiger charge is 2.34.